The molecule has 1 rings (SSSR count). The van der Waals surface area contributed by atoms with Crippen LogP contribution >= 0.6 is 0 Å². The Kier molecular flexibility index (Phi) is 4.55. The van der Waals surface area contributed by atoms with Crippen LogP contribution in [0.1, 0.15) is 12.8 Å². The molecule has 1 atom stereocenters. The molecular weight excluding hydrogens is 224 g/mol. The number of hydrogen-bond donors (Lipinski definition) is 1. The molecule has 5 heteroatoms. The van der Waals surface area contributed by atoms with Crippen molar-refractivity contribution in [3.8, 4) is 0 Å². The zero-order valence-corrected chi connectivity index (χ0v) is 9.73. The molecule has 5 nitrogen and oxygen atoms in total. The maximum atomic E-state index is 10.9. The fourth-order valence-corrected chi connectivity index (χ4v) is 1.69. The molecule has 0 aliphatic heterocycles. The summed E-state index contributed by atoms with van der Waals surface area (Å²) in [6.07, 6.45) is 3.72. The highest BCUT2D eigenvalue weighted by Crippen LogP contribution is 2.31. The van der Waals surface area contributed by atoms with Crippen LogP contribution in [-0.4, -0.2) is 31.2 Å². The number of allylic oxidation sites excluding steroid dienone is 3. The maximum absolute atomic E-state index is 10.9. The molecule has 0 radical (unpaired) electrons. The van der Waals surface area contributed by atoms with Gasteiger partial charge in [0.25, 0.3) is 0 Å². The van der Waals surface area contributed by atoms with Crippen molar-refractivity contribution in [3.63, 3.8) is 0 Å². The lowest BCUT2D eigenvalue weighted by atomic mass is 9.89. The van der Waals surface area contributed by atoms with Gasteiger partial charge in [0.05, 0.1) is 19.8 Å². The summed E-state index contributed by atoms with van der Waals surface area (Å²) in [6.45, 7) is 0. The van der Waals surface area contributed by atoms with E-state index >= 15 is 0 Å². The van der Waals surface area contributed by atoms with E-state index in [1.807, 2.05) is 0 Å². The number of carboxylic acid groups (broad SMARTS) is 1. The van der Waals surface area contributed by atoms with Crippen LogP contribution < -0.4 is 0 Å². The second-order valence-corrected chi connectivity index (χ2v) is 3.52. The normalized spacial score (nSPS) is 18.9. The maximum Gasteiger partial charge on any atom is 0.303 e. The lowest BCUT2D eigenvalue weighted by Crippen LogP contribution is -2.14. The molecule has 0 aromatic carbocycles. The largest absolute Gasteiger partial charge is 0.493 e. The third-order valence-electron chi connectivity index (χ3n) is 2.52. The molecule has 0 aromatic rings. The minimum Gasteiger partial charge on any atom is -0.493 e. The molecule has 1 aliphatic rings. The van der Waals surface area contributed by atoms with Crippen LogP contribution in [0.4, 0.5) is 0 Å². The monoisotopic (exact) mass is 238 g/mol. The molecule has 0 heterocycles. The number of rotatable bonds is 5. The molecule has 0 saturated heterocycles. The van der Waals surface area contributed by atoms with E-state index in [1.54, 1.807) is 18.1 Å². The van der Waals surface area contributed by atoms with Crippen LogP contribution in [0.2, 0.25) is 0 Å². The van der Waals surface area contributed by atoms with Crippen molar-refractivity contribution in [2.24, 2.45) is 5.92 Å². The highest BCUT2D eigenvalue weighted by molar-refractivity contribution is 5.68. The Morgan fingerprint density at radius 1 is 1.47 bits per heavy atom. The number of ether oxygens (including phenoxy) is 2. The third kappa shape index (κ3) is 2.98. The molecule has 92 valence electrons. The highest BCUT2D eigenvalue weighted by Gasteiger charge is 2.25. The average molecular weight is 238 g/mol. The minimum absolute atomic E-state index is 0.0144. The van der Waals surface area contributed by atoms with Gasteiger partial charge in [0.15, 0.2) is 11.5 Å². The van der Waals surface area contributed by atoms with Crippen LogP contribution in [0, 0.1) is 5.92 Å². The van der Waals surface area contributed by atoms with Gasteiger partial charge in [-0.3, -0.25) is 4.79 Å². The summed E-state index contributed by atoms with van der Waals surface area (Å²) in [6, 6.07) is 0. The van der Waals surface area contributed by atoms with E-state index < -0.39 is 5.97 Å². The molecule has 1 unspecified atom stereocenters. The SMILES string of the molecule is COC1=C(OC)C(=C=O)C(CCC(=O)O)C=C1. The van der Waals surface area contributed by atoms with Crippen molar-refractivity contribution in [3.05, 3.63) is 29.2 Å². The first-order chi connectivity index (χ1) is 8.13. The number of methoxy groups -OCH3 is 2. The Morgan fingerprint density at radius 3 is 2.65 bits per heavy atom. The van der Waals surface area contributed by atoms with Gasteiger partial charge < -0.3 is 14.6 Å². The molecule has 0 amide bonds. The van der Waals surface area contributed by atoms with Crippen molar-refractivity contribution in [2.45, 2.75) is 12.8 Å². The summed E-state index contributed by atoms with van der Waals surface area (Å²) in [5.74, 6) is 1.37. The first-order valence-electron chi connectivity index (χ1n) is 5.11. The highest BCUT2D eigenvalue weighted by atomic mass is 16.5. The zero-order valence-electron chi connectivity index (χ0n) is 9.73. The Morgan fingerprint density at radius 2 is 2.18 bits per heavy atom. The van der Waals surface area contributed by atoms with Gasteiger partial charge >= 0.3 is 5.97 Å². The molecule has 17 heavy (non-hydrogen) atoms. The van der Waals surface area contributed by atoms with Gasteiger partial charge in [-0.2, -0.15) is 0 Å². The van der Waals surface area contributed by atoms with Crippen LogP contribution in [0.3, 0.4) is 0 Å². The summed E-state index contributed by atoms with van der Waals surface area (Å²) < 4.78 is 10.1. The van der Waals surface area contributed by atoms with Gasteiger partial charge in [-0.25, -0.2) is 4.79 Å². The minimum atomic E-state index is -0.899. The van der Waals surface area contributed by atoms with Gasteiger partial charge in [-0.15, -0.1) is 0 Å². The van der Waals surface area contributed by atoms with Crippen LogP contribution in [0.25, 0.3) is 0 Å². The first-order valence-corrected chi connectivity index (χ1v) is 5.11. The lowest BCUT2D eigenvalue weighted by molar-refractivity contribution is -0.137. The first kappa shape index (κ1) is 13.1. The van der Waals surface area contributed by atoms with Crippen molar-refractivity contribution in [1.29, 1.82) is 0 Å². The second-order valence-electron chi connectivity index (χ2n) is 3.52. The van der Waals surface area contributed by atoms with Crippen LogP contribution in [0.15, 0.2) is 29.2 Å². The summed E-state index contributed by atoms with van der Waals surface area (Å²) in [5.41, 5.74) is 0.299. The Balaban J connectivity index is 2.94. The lowest BCUT2D eigenvalue weighted by Gasteiger charge is -2.21. The second kappa shape index (κ2) is 5.92. The number of hydrogen-bond acceptors (Lipinski definition) is 4. The van der Waals surface area contributed by atoms with Gasteiger partial charge in [0.2, 0.25) is 0 Å². The molecule has 0 saturated carbocycles. The molecule has 1 aliphatic carbocycles. The summed E-state index contributed by atoms with van der Waals surface area (Å²) in [7, 11) is 2.90. The summed E-state index contributed by atoms with van der Waals surface area (Å²) >= 11 is 0. The topological polar surface area (TPSA) is 72.8 Å². The zero-order chi connectivity index (χ0) is 12.8. The van der Waals surface area contributed by atoms with Gasteiger partial charge in [-0.1, -0.05) is 6.08 Å². The smallest absolute Gasteiger partial charge is 0.303 e. The molecule has 1 N–H and O–H groups in total. The van der Waals surface area contributed by atoms with Gasteiger partial charge in [0, 0.05) is 12.3 Å². The molecule has 0 bridgehead atoms. The molecule has 0 spiro atoms. The van der Waals surface area contributed by atoms with Gasteiger partial charge in [-0.05, 0) is 12.5 Å². The van der Waals surface area contributed by atoms with Crippen LogP contribution in [0.5, 0.6) is 0 Å². The molecule has 0 fully saturated rings. The van der Waals surface area contributed by atoms with E-state index in [1.165, 1.54) is 14.2 Å². The molecule has 0 aromatic heterocycles. The van der Waals surface area contributed by atoms with Crippen LogP contribution in [-0.2, 0) is 19.1 Å². The van der Waals surface area contributed by atoms with Crippen molar-refractivity contribution in [2.75, 3.05) is 14.2 Å². The fourth-order valence-electron chi connectivity index (χ4n) is 1.69. The number of carbonyl (C=O) groups is 1. The Hall–Kier alpha value is -2.00. The Labute approximate surface area is 99.0 Å². The number of aliphatic carboxylic acids is 1. The fraction of sp³-hybridized carbons (Fsp3) is 0.417. The predicted octanol–water partition coefficient (Wildman–Crippen LogP) is 1.30. The quantitative estimate of drug-likeness (QED) is 0.731. The summed E-state index contributed by atoms with van der Waals surface area (Å²) in [5, 5.41) is 8.62. The Bertz CT molecular complexity index is 413. The van der Waals surface area contributed by atoms with E-state index in [2.05, 4.69) is 0 Å². The average Bonchev–Trinajstić information content (AvgIpc) is 2.34. The number of carbonyl (C=O) groups excluding carboxylic acids is 1. The van der Waals surface area contributed by atoms with E-state index in [4.69, 9.17) is 14.6 Å². The van der Waals surface area contributed by atoms with Crippen molar-refractivity contribution < 1.29 is 24.2 Å². The van der Waals surface area contributed by atoms with Crippen molar-refractivity contribution in [1.82, 2.24) is 0 Å². The molecular formula is C12H14O5. The standard InChI is InChI=1S/C12H14O5/c1-16-10-5-3-8(4-6-11(14)15)9(7-13)12(10)17-2/h3,5,8H,4,6H2,1-2H3,(H,14,15). The third-order valence-corrected chi connectivity index (χ3v) is 2.52. The summed E-state index contributed by atoms with van der Waals surface area (Å²) in [4.78, 5) is 21.4. The van der Waals surface area contributed by atoms with E-state index in [9.17, 15) is 9.59 Å². The predicted molar refractivity (Wildman–Crippen MR) is 59.8 cm³/mol. The van der Waals surface area contributed by atoms with Gasteiger partial charge in [0.1, 0.15) is 5.94 Å². The van der Waals surface area contributed by atoms with E-state index in [0.717, 1.165) is 0 Å². The van der Waals surface area contributed by atoms with E-state index in [0.29, 0.717) is 23.5 Å². The van der Waals surface area contributed by atoms with E-state index in [-0.39, 0.29) is 12.3 Å². The van der Waals surface area contributed by atoms with Crippen molar-refractivity contribution >= 4 is 11.9 Å². The number of carboxylic acids is 1.